The van der Waals surface area contributed by atoms with Crippen LogP contribution in [0, 0.1) is 10.1 Å². The number of nitro groups is 1. The first-order valence-corrected chi connectivity index (χ1v) is 5.56. The molecule has 0 saturated heterocycles. The maximum absolute atomic E-state index is 12.9. The van der Waals surface area contributed by atoms with Crippen molar-refractivity contribution in [1.82, 2.24) is 0 Å². The Balaban J connectivity index is 2.28. The van der Waals surface area contributed by atoms with E-state index in [1.165, 1.54) is 12.5 Å². The van der Waals surface area contributed by atoms with E-state index in [4.69, 9.17) is 4.42 Å². The van der Waals surface area contributed by atoms with Crippen molar-refractivity contribution in [3.63, 3.8) is 0 Å². The minimum Gasteiger partial charge on any atom is -0.463 e. The monoisotopic (exact) mass is 299 g/mol. The summed E-state index contributed by atoms with van der Waals surface area (Å²) in [5.74, 6) is 0.345. The number of nitrogens with one attached hydrogen (secondary N) is 1. The van der Waals surface area contributed by atoms with Gasteiger partial charge in [0.25, 0.3) is 5.69 Å². The van der Waals surface area contributed by atoms with E-state index in [-0.39, 0.29) is 0 Å². The minimum absolute atomic E-state index is 0.345. The third-order valence-electron chi connectivity index (χ3n) is 2.44. The zero-order chi connectivity index (χ0) is 15.5. The Labute approximate surface area is 116 Å². The molecule has 0 fully saturated rings. The molecule has 9 heteroatoms. The number of non-ortho nitro benzene ring substituents is 1. The lowest BCUT2D eigenvalue weighted by Crippen LogP contribution is -2.09. The van der Waals surface area contributed by atoms with Crippen molar-refractivity contribution in [1.29, 1.82) is 0 Å². The van der Waals surface area contributed by atoms with Crippen molar-refractivity contribution in [2.45, 2.75) is 6.18 Å². The van der Waals surface area contributed by atoms with Gasteiger partial charge in [0.05, 0.1) is 28.7 Å². The van der Waals surface area contributed by atoms with Crippen LogP contribution in [0.3, 0.4) is 0 Å². The lowest BCUT2D eigenvalue weighted by atomic mass is 10.1. The van der Waals surface area contributed by atoms with Crippen LogP contribution >= 0.6 is 0 Å². The van der Waals surface area contributed by atoms with Gasteiger partial charge in [0.2, 0.25) is 0 Å². The summed E-state index contributed by atoms with van der Waals surface area (Å²) in [6.07, 6.45) is -2.18. The van der Waals surface area contributed by atoms with Crippen LogP contribution in [0.2, 0.25) is 0 Å². The van der Waals surface area contributed by atoms with Gasteiger partial charge >= 0.3 is 6.18 Å². The molecule has 2 rings (SSSR count). The number of alkyl halides is 3. The molecule has 110 valence electrons. The summed E-state index contributed by atoms with van der Waals surface area (Å²) in [4.78, 5) is 9.64. The summed E-state index contributed by atoms with van der Waals surface area (Å²) in [7, 11) is 0. The topological polar surface area (TPSA) is 80.7 Å². The molecular formula is C12H8F3N3O3. The summed E-state index contributed by atoms with van der Waals surface area (Å²) in [5.41, 5.74) is -0.0246. The third-order valence-corrected chi connectivity index (χ3v) is 2.44. The Bertz CT molecular complexity index is 666. The molecule has 0 atom stereocenters. The van der Waals surface area contributed by atoms with Crippen LogP contribution in [0.1, 0.15) is 11.3 Å². The molecule has 0 amide bonds. The summed E-state index contributed by atoms with van der Waals surface area (Å²) >= 11 is 0. The Kier molecular flexibility index (Phi) is 3.92. The van der Waals surface area contributed by atoms with Gasteiger partial charge in [0, 0.05) is 12.1 Å². The molecular weight excluding hydrogens is 291 g/mol. The second-order valence-corrected chi connectivity index (χ2v) is 3.87. The first kappa shape index (κ1) is 14.6. The second kappa shape index (κ2) is 5.65. The number of anilines is 1. The molecule has 0 aliphatic heterocycles. The molecule has 1 heterocycles. The van der Waals surface area contributed by atoms with Crippen molar-refractivity contribution >= 4 is 17.6 Å². The largest absolute Gasteiger partial charge is 0.463 e. The van der Waals surface area contributed by atoms with E-state index in [0.29, 0.717) is 11.8 Å². The van der Waals surface area contributed by atoms with Gasteiger partial charge in [0.1, 0.15) is 5.76 Å². The molecule has 0 radical (unpaired) electrons. The van der Waals surface area contributed by atoms with E-state index in [1.54, 1.807) is 12.1 Å². The Morgan fingerprint density at radius 3 is 2.67 bits per heavy atom. The summed E-state index contributed by atoms with van der Waals surface area (Å²) in [6, 6.07) is 5.51. The smallest absolute Gasteiger partial charge is 0.418 e. The number of hydrogen-bond donors (Lipinski definition) is 1. The van der Waals surface area contributed by atoms with E-state index in [2.05, 4.69) is 10.5 Å². The fourth-order valence-electron chi connectivity index (χ4n) is 1.51. The van der Waals surface area contributed by atoms with Crippen LogP contribution in [0.4, 0.5) is 24.5 Å². The number of hydrogen-bond acceptors (Lipinski definition) is 5. The van der Waals surface area contributed by atoms with Crippen molar-refractivity contribution < 1.29 is 22.5 Å². The lowest BCUT2D eigenvalue weighted by Gasteiger charge is -2.11. The highest BCUT2D eigenvalue weighted by atomic mass is 19.4. The average Bonchev–Trinajstić information content (AvgIpc) is 2.90. The van der Waals surface area contributed by atoms with E-state index < -0.39 is 28.0 Å². The zero-order valence-corrected chi connectivity index (χ0v) is 10.3. The highest BCUT2D eigenvalue weighted by molar-refractivity contribution is 5.76. The molecule has 6 nitrogen and oxygen atoms in total. The van der Waals surface area contributed by atoms with Gasteiger partial charge in [0.15, 0.2) is 0 Å². The summed E-state index contributed by atoms with van der Waals surface area (Å²) in [6.45, 7) is 0. The van der Waals surface area contributed by atoms with Gasteiger partial charge in [-0.05, 0) is 18.2 Å². The van der Waals surface area contributed by atoms with Gasteiger partial charge < -0.3 is 4.42 Å². The molecule has 0 saturated carbocycles. The molecule has 0 aliphatic carbocycles. The molecule has 1 aromatic carbocycles. The Morgan fingerprint density at radius 1 is 1.33 bits per heavy atom. The zero-order valence-electron chi connectivity index (χ0n) is 10.3. The first-order valence-electron chi connectivity index (χ1n) is 5.56. The van der Waals surface area contributed by atoms with Crippen molar-refractivity contribution in [3.05, 3.63) is 58.0 Å². The SMILES string of the molecule is O=[N+]([O-])c1ccc(NN=Cc2ccco2)c(C(F)(F)F)c1. The number of nitrogens with zero attached hydrogens (tertiary/aromatic N) is 2. The van der Waals surface area contributed by atoms with Crippen molar-refractivity contribution in [3.8, 4) is 0 Å². The fraction of sp³-hybridized carbons (Fsp3) is 0.0833. The van der Waals surface area contributed by atoms with Crippen molar-refractivity contribution in [2.24, 2.45) is 5.10 Å². The third kappa shape index (κ3) is 3.59. The standard InChI is InChI=1S/C12H8F3N3O3/c13-12(14,15)10-6-8(18(19)20)3-4-11(10)17-16-7-9-2-1-5-21-9/h1-7,17H. The fourth-order valence-corrected chi connectivity index (χ4v) is 1.51. The number of halogens is 3. The molecule has 0 unspecified atom stereocenters. The molecule has 0 bridgehead atoms. The maximum Gasteiger partial charge on any atom is 0.418 e. The van der Waals surface area contributed by atoms with Crippen LogP contribution in [-0.4, -0.2) is 11.1 Å². The number of furan rings is 1. The summed E-state index contributed by atoms with van der Waals surface area (Å²) in [5, 5.41) is 14.1. The number of hydrazone groups is 1. The van der Waals surface area contributed by atoms with Crippen LogP contribution in [0.15, 0.2) is 46.1 Å². The van der Waals surface area contributed by atoms with Crippen LogP contribution in [-0.2, 0) is 6.18 Å². The number of benzene rings is 1. The molecule has 0 aliphatic rings. The van der Waals surface area contributed by atoms with Gasteiger partial charge in [-0.2, -0.15) is 18.3 Å². The second-order valence-electron chi connectivity index (χ2n) is 3.87. The highest BCUT2D eigenvalue weighted by Gasteiger charge is 2.35. The van der Waals surface area contributed by atoms with Gasteiger partial charge in [-0.3, -0.25) is 15.5 Å². The van der Waals surface area contributed by atoms with Crippen LogP contribution in [0.25, 0.3) is 0 Å². The van der Waals surface area contributed by atoms with Crippen LogP contribution < -0.4 is 5.43 Å². The van der Waals surface area contributed by atoms with E-state index in [1.807, 2.05) is 0 Å². The molecule has 2 aromatic rings. The van der Waals surface area contributed by atoms with E-state index in [0.717, 1.165) is 12.1 Å². The van der Waals surface area contributed by atoms with E-state index in [9.17, 15) is 23.3 Å². The van der Waals surface area contributed by atoms with Crippen molar-refractivity contribution in [2.75, 3.05) is 5.43 Å². The van der Waals surface area contributed by atoms with Gasteiger partial charge in [-0.25, -0.2) is 0 Å². The predicted molar refractivity (Wildman–Crippen MR) is 68.0 cm³/mol. The van der Waals surface area contributed by atoms with Gasteiger partial charge in [-0.1, -0.05) is 0 Å². The van der Waals surface area contributed by atoms with Crippen LogP contribution in [0.5, 0.6) is 0 Å². The summed E-state index contributed by atoms with van der Waals surface area (Å²) < 4.78 is 43.5. The Morgan fingerprint density at radius 2 is 2.10 bits per heavy atom. The minimum atomic E-state index is -4.74. The number of rotatable bonds is 4. The molecule has 0 spiro atoms. The predicted octanol–water partition coefficient (Wildman–Crippen LogP) is 3.65. The maximum atomic E-state index is 12.9. The molecule has 21 heavy (non-hydrogen) atoms. The Hall–Kier alpha value is -2.84. The molecule has 1 aromatic heterocycles. The molecule has 1 N–H and O–H groups in total. The normalized spacial score (nSPS) is 11.8. The highest BCUT2D eigenvalue weighted by Crippen LogP contribution is 2.37. The average molecular weight is 299 g/mol. The number of nitro benzene ring substituents is 1. The van der Waals surface area contributed by atoms with E-state index >= 15 is 0 Å². The van der Waals surface area contributed by atoms with Gasteiger partial charge in [-0.15, -0.1) is 0 Å². The quantitative estimate of drug-likeness (QED) is 0.531. The first-order chi connectivity index (χ1) is 9.88. The lowest BCUT2D eigenvalue weighted by molar-refractivity contribution is -0.385.